The van der Waals surface area contributed by atoms with Crippen LogP contribution in [0.4, 0.5) is 0 Å². The van der Waals surface area contributed by atoms with Gasteiger partial charge in [0.2, 0.25) is 5.91 Å². The predicted octanol–water partition coefficient (Wildman–Crippen LogP) is 4.61. The lowest BCUT2D eigenvalue weighted by Gasteiger charge is -2.26. The third kappa shape index (κ3) is 3.22. The third-order valence-corrected chi connectivity index (χ3v) is 6.02. The van der Waals surface area contributed by atoms with Crippen LogP contribution in [0.2, 0.25) is 0 Å². The molecule has 3 rings (SSSR count). The maximum atomic E-state index is 13.3. The van der Waals surface area contributed by atoms with Crippen molar-refractivity contribution in [2.45, 2.75) is 46.6 Å². The Morgan fingerprint density at radius 2 is 1.88 bits per heavy atom. The molecule has 1 aliphatic heterocycles. The molecule has 1 aromatic carbocycles. The van der Waals surface area contributed by atoms with Gasteiger partial charge in [0.05, 0.1) is 26.2 Å². The zero-order chi connectivity index (χ0) is 19.1. The van der Waals surface area contributed by atoms with Gasteiger partial charge in [-0.05, 0) is 55.7 Å². The number of benzene rings is 1. The molecule has 1 aromatic rings. The van der Waals surface area contributed by atoms with E-state index in [-0.39, 0.29) is 17.4 Å². The molecule has 0 radical (unpaired) electrons. The maximum Gasteiger partial charge on any atom is 0.227 e. The van der Waals surface area contributed by atoms with Gasteiger partial charge in [-0.25, -0.2) is 0 Å². The van der Waals surface area contributed by atoms with Crippen LogP contribution in [0.3, 0.4) is 0 Å². The second-order valence-corrected chi connectivity index (χ2v) is 8.37. The SMILES string of the molecule is COc1ccc(C2CCCN2C(=O)C2C(C=C(C)C)C2(C)C)cc1OC. The lowest BCUT2D eigenvalue weighted by molar-refractivity contribution is -0.134. The fraction of sp³-hybridized carbons (Fsp3) is 0.591. The van der Waals surface area contributed by atoms with E-state index in [0.717, 1.165) is 36.4 Å². The number of amides is 1. The average molecular weight is 357 g/mol. The molecule has 1 amide bonds. The molecule has 0 bridgehead atoms. The highest BCUT2D eigenvalue weighted by atomic mass is 16.5. The number of methoxy groups -OCH3 is 2. The van der Waals surface area contributed by atoms with Crippen LogP contribution in [0.5, 0.6) is 11.5 Å². The largest absolute Gasteiger partial charge is 0.493 e. The van der Waals surface area contributed by atoms with Crippen molar-refractivity contribution in [1.29, 1.82) is 0 Å². The van der Waals surface area contributed by atoms with E-state index < -0.39 is 0 Å². The summed E-state index contributed by atoms with van der Waals surface area (Å²) in [6.45, 7) is 9.48. The molecule has 1 aliphatic carbocycles. The summed E-state index contributed by atoms with van der Waals surface area (Å²) in [4.78, 5) is 15.4. The van der Waals surface area contributed by atoms with E-state index in [1.807, 2.05) is 12.1 Å². The van der Waals surface area contributed by atoms with Crippen LogP contribution >= 0.6 is 0 Å². The topological polar surface area (TPSA) is 38.8 Å². The molecule has 3 unspecified atom stereocenters. The number of nitrogens with zero attached hydrogens (tertiary/aromatic N) is 1. The van der Waals surface area contributed by atoms with Gasteiger partial charge < -0.3 is 14.4 Å². The highest BCUT2D eigenvalue weighted by Gasteiger charge is 2.61. The van der Waals surface area contributed by atoms with E-state index >= 15 is 0 Å². The summed E-state index contributed by atoms with van der Waals surface area (Å²) >= 11 is 0. The van der Waals surface area contributed by atoms with Crippen molar-refractivity contribution in [2.24, 2.45) is 17.3 Å². The highest BCUT2D eigenvalue weighted by Crippen LogP contribution is 2.60. The summed E-state index contributed by atoms with van der Waals surface area (Å²) in [5.74, 6) is 2.19. The van der Waals surface area contributed by atoms with E-state index in [1.54, 1.807) is 14.2 Å². The smallest absolute Gasteiger partial charge is 0.227 e. The maximum absolute atomic E-state index is 13.3. The predicted molar refractivity (Wildman–Crippen MR) is 103 cm³/mol. The van der Waals surface area contributed by atoms with Crippen LogP contribution in [0.15, 0.2) is 29.8 Å². The zero-order valence-corrected chi connectivity index (χ0v) is 16.8. The van der Waals surface area contributed by atoms with Crippen LogP contribution in [0.25, 0.3) is 0 Å². The van der Waals surface area contributed by atoms with Crippen molar-refractivity contribution in [3.05, 3.63) is 35.4 Å². The lowest BCUT2D eigenvalue weighted by Crippen LogP contribution is -2.33. The lowest BCUT2D eigenvalue weighted by atomic mass is 10.0. The fourth-order valence-corrected chi connectivity index (χ4v) is 4.44. The summed E-state index contributed by atoms with van der Waals surface area (Å²) in [7, 11) is 3.29. The Balaban J connectivity index is 1.83. The Morgan fingerprint density at radius 1 is 1.19 bits per heavy atom. The molecule has 0 N–H and O–H groups in total. The average Bonchev–Trinajstić information content (AvgIpc) is 2.97. The van der Waals surface area contributed by atoms with Crippen LogP contribution in [0, 0.1) is 17.3 Å². The van der Waals surface area contributed by atoms with E-state index in [1.165, 1.54) is 5.57 Å². The molecule has 1 saturated heterocycles. The van der Waals surface area contributed by atoms with Gasteiger partial charge in [0.15, 0.2) is 11.5 Å². The molecule has 0 aromatic heterocycles. The van der Waals surface area contributed by atoms with Crippen molar-refractivity contribution in [1.82, 2.24) is 4.90 Å². The first-order valence-corrected chi connectivity index (χ1v) is 9.48. The van der Waals surface area contributed by atoms with Gasteiger partial charge in [-0.2, -0.15) is 0 Å². The quantitative estimate of drug-likeness (QED) is 0.723. The molecule has 142 valence electrons. The number of hydrogen-bond donors (Lipinski definition) is 0. The molecular weight excluding hydrogens is 326 g/mol. The molecule has 1 heterocycles. The van der Waals surface area contributed by atoms with Crippen molar-refractivity contribution in [2.75, 3.05) is 20.8 Å². The Bertz CT molecular complexity index is 718. The molecular formula is C22H31NO3. The minimum Gasteiger partial charge on any atom is -0.493 e. The Hall–Kier alpha value is -1.97. The summed E-state index contributed by atoms with van der Waals surface area (Å²) in [5, 5.41) is 0. The van der Waals surface area contributed by atoms with Gasteiger partial charge in [-0.15, -0.1) is 0 Å². The van der Waals surface area contributed by atoms with Crippen LogP contribution in [0.1, 0.15) is 52.1 Å². The van der Waals surface area contributed by atoms with E-state index in [2.05, 4.69) is 44.7 Å². The van der Waals surface area contributed by atoms with Gasteiger partial charge in [0, 0.05) is 6.54 Å². The van der Waals surface area contributed by atoms with Crippen LogP contribution in [-0.2, 0) is 4.79 Å². The molecule has 4 heteroatoms. The molecule has 4 nitrogen and oxygen atoms in total. The summed E-state index contributed by atoms with van der Waals surface area (Å²) < 4.78 is 10.8. The normalized spacial score (nSPS) is 26.4. The first-order valence-electron chi connectivity index (χ1n) is 9.48. The summed E-state index contributed by atoms with van der Waals surface area (Å²) in [6, 6.07) is 6.14. The standard InChI is InChI=1S/C22H31NO3/c1-14(2)12-16-20(22(16,3)4)21(24)23-11-7-8-17(23)15-9-10-18(25-5)19(13-15)26-6/h9-10,12-13,16-17,20H,7-8,11H2,1-6H3. The number of rotatable bonds is 5. The molecule has 26 heavy (non-hydrogen) atoms. The number of ether oxygens (including phenoxy) is 2. The van der Waals surface area contributed by atoms with Gasteiger partial charge in [0.25, 0.3) is 0 Å². The van der Waals surface area contributed by atoms with Gasteiger partial charge in [-0.1, -0.05) is 31.6 Å². The molecule has 2 aliphatic rings. The fourth-order valence-electron chi connectivity index (χ4n) is 4.44. The number of likely N-dealkylation sites (tertiary alicyclic amines) is 1. The third-order valence-electron chi connectivity index (χ3n) is 6.02. The van der Waals surface area contributed by atoms with Gasteiger partial charge in [0.1, 0.15) is 0 Å². The summed E-state index contributed by atoms with van der Waals surface area (Å²) in [6.07, 6.45) is 4.32. The Kier molecular flexibility index (Phi) is 5.05. The Labute approximate surface area is 157 Å². The van der Waals surface area contributed by atoms with Gasteiger partial charge in [-0.3, -0.25) is 4.79 Å². The van der Waals surface area contributed by atoms with Crippen LogP contribution < -0.4 is 9.47 Å². The van der Waals surface area contributed by atoms with Crippen molar-refractivity contribution in [3.8, 4) is 11.5 Å². The molecule has 1 saturated carbocycles. The van der Waals surface area contributed by atoms with Crippen LogP contribution in [-0.4, -0.2) is 31.6 Å². The first kappa shape index (κ1) is 18.8. The molecule has 3 atom stereocenters. The highest BCUT2D eigenvalue weighted by molar-refractivity contribution is 5.84. The van der Waals surface area contributed by atoms with Crippen molar-refractivity contribution in [3.63, 3.8) is 0 Å². The monoisotopic (exact) mass is 357 g/mol. The minimum atomic E-state index is 0.0547. The number of hydrogen-bond acceptors (Lipinski definition) is 3. The van der Waals surface area contributed by atoms with Gasteiger partial charge >= 0.3 is 0 Å². The summed E-state index contributed by atoms with van der Waals surface area (Å²) in [5.41, 5.74) is 2.47. The molecule has 0 spiro atoms. The minimum absolute atomic E-state index is 0.0547. The molecule has 2 fully saturated rings. The van der Waals surface area contributed by atoms with Crippen molar-refractivity contribution >= 4 is 5.91 Å². The van der Waals surface area contributed by atoms with E-state index in [9.17, 15) is 4.79 Å². The van der Waals surface area contributed by atoms with Crippen molar-refractivity contribution < 1.29 is 14.3 Å². The number of carbonyl (C=O) groups excluding carboxylic acids is 1. The second kappa shape index (κ2) is 6.98. The van der Waals surface area contributed by atoms with E-state index in [4.69, 9.17) is 9.47 Å². The zero-order valence-electron chi connectivity index (χ0n) is 16.8. The van der Waals surface area contributed by atoms with E-state index in [0.29, 0.717) is 11.8 Å². The second-order valence-electron chi connectivity index (χ2n) is 8.37. The number of carbonyl (C=O) groups is 1. The Morgan fingerprint density at radius 3 is 2.50 bits per heavy atom. The first-order chi connectivity index (χ1) is 12.3. The number of allylic oxidation sites excluding steroid dienone is 2.